The predicted molar refractivity (Wildman–Crippen MR) is 124 cm³/mol. The highest BCUT2D eigenvalue weighted by Crippen LogP contribution is 2.25. The zero-order valence-electron chi connectivity index (χ0n) is 16.7. The maximum atomic E-state index is 12.8. The van der Waals surface area contributed by atoms with Crippen molar-refractivity contribution in [3.05, 3.63) is 50.6 Å². The van der Waals surface area contributed by atoms with Gasteiger partial charge >= 0.3 is 0 Å². The molecule has 4 N–H and O–H groups in total. The SMILES string of the molecule is Cl.O=C(N[C@H]1CCC[C@@H]1NC(=O)c1nc2c(s1)CNCC2)c1cc2cc(Cl)ccc2[nH]1. The highest BCUT2D eigenvalue weighted by molar-refractivity contribution is 7.13. The average molecular weight is 480 g/mol. The van der Waals surface area contributed by atoms with Crippen LogP contribution >= 0.6 is 35.3 Å². The second-order valence-electron chi connectivity index (χ2n) is 7.82. The van der Waals surface area contributed by atoms with Crippen molar-refractivity contribution in [2.45, 2.75) is 44.3 Å². The van der Waals surface area contributed by atoms with Gasteiger partial charge in [0.05, 0.1) is 5.69 Å². The van der Waals surface area contributed by atoms with E-state index in [2.05, 4.69) is 25.9 Å². The fourth-order valence-electron chi connectivity index (χ4n) is 4.23. The third-order valence-electron chi connectivity index (χ3n) is 5.77. The molecule has 1 saturated carbocycles. The lowest BCUT2D eigenvalue weighted by molar-refractivity contribution is 0.0889. The van der Waals surface area contributed by atoms with E-state index >= 15 is 0 Å². The summed E-state index contributed by atoms with van der Waals surface area (Å²) in [6.07, 6.45) is 3.49. The summed E-state index contributed by atoms with van der Waals surface area (Å²) in [6, 6.07) is 7.07. The summed E-state index contributed by atoms with van der Waals surface area (Å²) in [6.45, 7) is 1.67. The molecule has 2 aliphatic rings. The van der Waals surface area contributed by atoms with Crippen molar-refractivity contribution in [3.63, 3.8) is 0 Å². The van der Waals surface area contributed by atoms with Crippen LogP contribution in [0, 0.1) is 0 Å². The van der Waals surface area contributed by atoms with Crippen LogP contribution in [0.5, 0.6) is 0 Å². The number of benzene rings is 1. The summed E-state index contributed by atoms with van der Waals surface area (Å²) in [5.41, 5.74) is 2.38. The first-order valence-electron chi connectivity index (χ1n) is 10.2. The van der Waals surface area contributed by atoms with Gasteiger partial charge in [-0.1, -0.05) is 11.6 Å². The quantitative estimate of drug-likeness (QED) is 0.460. The van der Waals surface area contributed by atoms with Crippen LogP contribution in [-0.2, 0) is 13.0 Å². The number of aromatic nitrogens is 2. The Labute approximate surface area is 194 Å². The molecule has 3 aromatic rings. The number of amides is 2. The zero-order chi connectivity index (χ0) is 20.7. The van der Waals surface area contributed by atoms with E-state index in [0.717, 1.165) is 60.2 Å². The van der Waals surface area contributed by atoms with E-state index in [4.69, 9.17) is 11.6 Å². The number of thiazole rings is 1. The number of hydrogen-bond acceptors (Lipinski definition) is 5. The average Bonchev–Trinajstić information content (AvgIpc) is 3.45. The molecule has 0 radical (unpaired) electrons. The molecule has 5 rings (SSSR count). The number of carbonyl (C=O) groups excluding carboxylic acids is 2. The predicted octanol–water partition coefficient (Wildman–Crippen LogP) is 3.43. The summed E-state index contributed by atoms with van der Waals surface area (Å²) in [4.78, 5) is 34.3. The van der Waals surface area contributed by atoms with Crippen LogP contribution in [0.1, 0.15) is 50.1 Å². The molecule has 2 aromatic heterocycles. The number of nitrogens with zero attached hydrogens (tertiary/aromatic N) is 1. The molecule has 2 atom stereocenters. The van der Waals surface area contributed by atoms with E-state index in [1.54, 1.807) is 12.1 Å². The lowest BCUT2D eigenvalue weighted by Crippen LogP contribution is -2.48. The summed E-state index contributed by atoms with van der Waals surface area (Å²) in [7, 11) is 0. The molecular formula is C21H23Cl2N5O2S. The summed E-state index contributed by atoms with van der Waals surface area (Å²) >= 11 is 7.49. The van der Waals surface area contributed by atoms with Crippen LogP contribution in [-0.4, -0.2) is 40.4 Å². The molecule has 1 aromatic carbocycles. The Hall–Kier alpha value is -2.13. The molecule has 0 unspecified atom stereocenters. The van der Waals surface area contributed by atoms with Crippen molar-refractivity contribution >= 4 is 58.1 Å². The van der Waals surface area contributed by atoms with Gasteiger partial charge in [-0.05, 0) is 43.5 Å². The first kappa shape index (κ1) is 22.1. The third kappa shape index (κ3) is 4.57. The number of carbonyl (C=O) groups is 2. The maximum absolute atomic E-state index is 12.8. The second kappa shape index (κ2) is 9.16. The van der Waals surface area contributed by atoms with Crippen LogP contribution in [0.2, 0.25) is 5.02 Å². The van der Waals surface area contributed by atoms with E-state index in [-0.39, 0.29) is 36.3 Å². The Balaban J connectivity index is 0.00000231. The largest absolute Gasteiger partial charge is 0.351 e. The van der Waals surface area contributed by atoms with Gasteiger partial charge in [0, 0.05) is 52.4 Å². The van der Waals surface area contributed by atoms with Gasteiger partial charge in [-0.25, -0.2) is 4.98 Å². The van der Waals surface area contributed by atoms with Crippen LogP contribution in [0.3, 0.4) is 0 Å². The van der Waals surface area contributed by atoms with Crippen molar-refractivity contribution in [2.75, 3.05) is 6.54 Å². The molecule has 3 heterocycles. The summed E-state index contributed by atoms with van der Waals surface area (Å²) < 4.78 is 0. The minimum atomic E-state index is -0.177. The minimum Gasteiger partial charge on any atom is -0.351 e. The minimum absolute atomic E-state index is 0. The van der Waals surface area contributed by atoms with Crippen molar-refractivity contribution in [3.8, 4) is 0 Å². The number of hydrogen-bond donors (Lipinski definition) is 4. The standard InChI is InChI=1S/C21H22ClN5O2S.ClH/c22-12-4-5-13-11(8-12)9-17(24-13)19(28)25-14-2-1-3-15(14)26-20(29)21-27-16-6-7-23-10-18(16)30-21;/h4-5,8-9,14-15,23-24H,1-3,6-7,10H2,(H,25,28)(H,26,29);1H/t14-,15-;/m0./s1. The molecule has 10 heteroatoms. The molecule has 164 valence electrons. The van der Waals surface area contributed by atoms with Gasteiger partial charge in [0.25, 0.3) is 11.8 Å². The van der Waals surface area contributed by atoms with Gasteiger partial charge in [0.2, 0.25) is 0 Å². The van der Waals surface area contributed by atoms with Gasteiger partial charge < -0.3 is 20.9 Å². The van der Waals surface area contributed by atoms with E-state index in [0.29, 0.717) is 15.7 Å². The van der Waals surface area contributed by atoms with Gasteiger partial charge in [-0.2, -0.15) is 0 Å². The second-order valence-corrected chi connectivity index (χ2v) is 9.34. The number of halogens is 2. The number of H-pyrrole nitrogens is 1. The topological polar surface area (TPSA) is 98.9 Å². The normalized spacial score (nSPS) is 20.2. The summed E-state index contributed by atoms with van der Waals surface area (Å²) in [5.74, 6) is -0.329. The van der Waals surface area contributed by atoms with Gasteiger partial charge in [-0.3, -0.25) is 9.59 Å². The Bertz CT molecular complexity index is 1100. The monoisotopic (exact) mass is 479 g/mol. The molecule has 0 bridgehead atoms. The van der Waals surface area contributed by atoms with Crippen LogP contribution in [0.25, 0.3) is 10.9 Å². The Morgan fingerprint density at radius 1 is 1.13 bits per heavy atom. The lowest BCUT2D eigenvalue weighted by atomic mass is 10.1. The highest BCUT2D eigenvalue weighted by Gasteiger charge is 2.31. The molecule has 2 amide bonds. The van der Waals surface area contributed by atoms with E-state index in [9.17, 15) is 9.59 Å². The fraction of sp³-hybridized carbons (Fsp3) is 0.381. The number of nitrogens with one attached hydrogen (secondary N) is 4. The maximum Gasteiger partial charge on any atom is 0.280 e. The van der Waals surface area contributed by atoms with Crippen molar-refractivity contribution in [1.29, 1.82) is 0 Å². The van der Waals surface area contributed by atoms with E-state index in [1.165, 1.54) is 11.3 Å². The van der Waals surface area contributed by atoms with Crippen LogP contribution in [0.15, 0.2) is 24.3 Å². The molecule has 0 saturated heterocycles. The number of fused-ring (bicyclic) bond motifs is 2. The van der Waals surface area contributed by atoms with Crippen LogP contribution < -0.4 is 16.0 Å². The molecule has 0 spiro atoms. The Morgan fingerprint density at radius 2 is 1.90 bits per heavy atom. The first-order chi connectivity index (χ1) is 14.6. The summed E-state index contributed by atoms with van der Waals surface area (Å²) in [5, 5.41) is 11.5. The molecular weight excluding hydrogens is 457 g/mol. The van der Waals surface area contributed by atoms with E-state index < -0.39 is 0 Å². The van der Waals surface area contributed by atoms with E-state index in [1.807, 2.05) is 12.1 Å². The number of rotatable bonds is 4. The first-order valence-corrected chi connectivity index (χ1v) is 11.4. The lowest BCUT2D eigenvalue weighted by Gasteiger charge is -2.21. The molecule has 1 fully saturated rings. The Kier molecular flexibility index (Phi) is 6.52. The smallest absolute Gasteiger partial charge is 0.280 e. The zero-order valence-corrected chi connectivity index (χ0v) is 19.1. The van der Waals surface area contributed by atoms with Crippen molar-refractivity contribution in [1.82, 2.24) is 25.9 Å². The number of aromatic amines is 1. The molecule has 31 heavy (non-hydrogen) atoms. The Morgan fingerprint density at radius 3 is 2.68 bits per heavy atom. The third-order valence-corrected chi connectivity index (χ3v) is 7.10. The van der Waals surface area contributed by atoms with Crippen LogP contribution in [0.4, 0.5) is 0 Å². The molecule has 1 aliphatic heterocycles. The highest BCUT2D eigenvalue weighted by atomic mass is 35.5. The molecule has 1 aliphatic carbocycles. The van der Waals surface area contributed by atoms with Gasteiger partial charge in [0.1, 0.15) is 5.69 Å². The van der Waals surface area contributed by atoms with Gasteiger partial charge in [-0.15, -0.1) is 23.7 Å². The van der Waals surface area contributed by atoms with Crippen molar-refractivity contribution < 1.29 is 9.59 Å². The van der Waals surface area contributed by atoms with Crippen molar-refractivity contribution in [2.24, 2.45) is 0 Å². The fourth-order valence-corrected chi connectivity index (χ4v) is 5.39. The van der Waals surface area contributed by atoms with Gasteiger partial charge in [0.15, 0.2) is 5.01 Å². The molecule has 7 nitrogen and oxygen atoms in total.